The summed E-state index contributed by atoms with van der Waals surface area (Å²) >= 11 is 1.65. The van der Waals surface area contributed by atoms with Gasteiger partial charge in [0.1, 0.15) is 10.7 Å². The lowest BCUT2D eigenvalue weighted by Gasteiger charge is -2.23. The number of hydrogen-bond acceptors (Lipinski definition) is 5. The number of fused-ring (bicyclic) bond motifs is 3. The highest BCUT2D eigenvalue weighted by atomic mass is 32.1. The van der Waals surface area contributed by atoms with Crippen LogP contribution in [0.15, 0.2) is 29.1 Å². The maximum absolute atomic E-state index is 12.8. The van der Waals surface area contributed by atoms with Crippen LogP contribution in [-0.4, -0.2) is 34.4 Å². The van der Waals surface area contributed by atoms with E-state index in [1.54, 1.807) is 11.3 Å². The summed E-state index contributed by atoms with van der Waals surface area (Å²) in [6, 6.07) is 7.52. The summed E-state index contributed by atoms with van der Waals surface area (Å²) in [5.74, 6) is 1.16. The van der Waals surface area contributed by atoms with E-state index in [-0.39, 0.29) is 24.1 Å². The van der Waals surface area contributed by atoms with E-state index in [4.69, 9.17) is 4.98 Å². The fraction of sp³-hybridized carbons (Fsp3) is 0.435. The van der Waals surface area contributed by atoms with Gasteiger partial charge in [-0.3, -0.25) is 14.5 Å². The number of aromatic nitrogens is 2. The number of H-pyrrole nitrogens is 1. The van der Waals surface area contributed by atoms with Crippen LogP contribution < -0.4 is 10.9 Å². The molecule has 0 bridgehead atoms. The molecule has 0 saturated carbocycles. The summed E-state index contributed by atoms with van der Waals surface area (Å²) in [7, 11) is 1.87. The molecule has 3 aromatic rings. The summed E-state index contributed by atoms with van der Waals surface area (Å²) in [5, 5.41) is 3.68. The third-order valence-electron chi connectivity index (χ3n) is 5.97. The molecule has 7 heteroatoms. The third kappa shape index (κ3) is 4.18. The number of hydrogen-bond donors (Lipinski definition) is 2. The number of aryl methyl sites for hydroxylation is 2. The lowest BCUT2D eigenvalue weighted by Crippen LogP contribution is -2.33. The summed E-state index contributed by atoms with van der Waals surface area (Å²) < 4.78 is 0. The molecule has 1 aliphatic rings. The van der Waals surface area contributed by atoms with Crippen molar-refractivity contribution in [2.75, 3.05) is 18.9 Å². The van der Waals surface area contributed by atoms with Crippen molar-refractivity contribution in [3.63, 3.8) is 0 Å². The highest BCUT2D eigenvalue weighted by Crippen LogP contribution is 2.36. The second-order valence-corrected chi connectivity index (χ2v) is 9.57. The monoisotopic (exact) mass is 424 g/mol. The van der Waals surface area contributed by atoms with Gasteiger partial charge in [0.25, 0.3) is 5.56 Å². The summed E-state index contributed by atoms with van der Waals surface area (Å²) in [6.07, 6.45) is 3.10. The first-order chi connectivity index (χ1) is 14.3. The number of nitrogens with zero attached hydrogens (tertiary/aromatic N) is 2. The van der Waals surface area contributed by atoms with E-state index in [2.05, 4.69) is 17.2 Å². The zero-order valence-corrected chi connectivity index (χ0v) is 18.7. The lowest BCUT2D eigenvalue weighted by atomic mass is 9.89. The molecule has 1 amide bonds. The van der Waals surface area contributed by atoms with E-state index >= 15 is 0 Å². The molecule has 1 aromatic carbocycles. The van der Waals surface area contributed by atoms with Crippen molar-refractivity contribution in [1.82, 2.24) is 14.9 Å². The average Bonchev–Trinajstić information content (AvgIpc) is 3.06. The maximum atomic E-state index is 12.8. The molecule has 30 heavy (non-hydrogen) atoms. The topological polar surface area (TPSA) is 78.1 Å². The van der Waals surface area contributed by atoms with Crippen molar-refractivity contribution >= 4 is 33.1 Å². The predicted molar refractivity (Wildman–Crippen MR) is 122 cm³/mol. The van der Waals surface area contributed by atoms with E-state index in [9.17, 15) is 9.59 Å². The molecule has 158 valence electrons. The molecule has 0 radical (unpaired) electrons. The Kier molecular flexibility index (Phi) is 5.75. The number of anilines is 1. The minimum atomic E-state index is -0.191. The molecule has 0 fully saturated rings. The van der Waals surface area contributed by atoms with Crippen molar-refractivity contribution in [2.24, 2.45) is 5.92 Å². The second kappa shape index (κ2) is 8.32. The molecule has 2 atom stereocenters. The average molecular weight is 425 g/mol. The van der Waals surface area contributed by atoms with Crippen LogP contribution in [0.5, 0.6) is 0 Å². The zero-order chi connectivity index (χ0) is 21.4. The molecule has 1 aliphatic carbocycles. The van der Waals surface area contributed by atoms with Gasteiger partial charge in [0.05, 0.1) is 18.0 Å². The molecule has 0 saturated heterocycles. The highest BCUT2D eigenvalue weighted by Gasteiger charge is 2.24. The predicted octanol–water partition coefficient (Wildman–Crippen LogP) is 4.05. The SMILES string of the molecule is Cc1ccc(NC(=O)CN(C)C(C)c2nc3sc4c(c3c(=O)[nH]2)CCC(C)C4)cc1. The zero-order valence-electron chi connectivity index (χ0n) is 17.9. The molecule has 0 spiro atoms. The van der Waals surface area contributed by atoms with Gasteiger partial charge in [-0.05, 0) is 63.8 Å². The maximum Gasteiger partial charge on any atom is 0.259 e. The Morgan fingerprint density at radius 2 is 2.10 bits per heavy atom. The van der Waals surface area contributed by atoms with Gasteiger partial charge >= 0.3 is 0 Å². The largest absolute Gasteiger partial charge is 0.325 e. The minimum absolute atomic E-state index is 0.0635. The summed E-state index contributed by atoms with van der Waals surface area (Å²) in [6.45, 7) is 6.43. The molecular weight excluding hydrogens is 396 g/mol. The first-order valence-electron chi connectivity index (χ1n) is 10.4. The van der Waals surface area contributed by atoms with Crippen molar-refractivity contribution in [1.29, 1.82) is 0 Å². The van der Waals surface area contributed by atoms with Crippen LogP contribution in [0.3, 0.4) is 0 Å². The van der Waals surface area contributed by atoms with Gasteiger partial charge in [-0.25, -0.2) is 4.98 Å². The first-order valence-corrected chi connectivity index (χ1v) is 11.2. The van der Waals surface area contributed by atoms with E-state index in [1.165, 1.54) is 10.4 Å². The van der Waals surface area contributed by atoms with E-state index < -0.39 is 0 Å². The Labute approximate surface area is 180 Å². The number of carbonyl (C=O) groups excluding carboxylic acids is 1. The van der Waals surface area contributed by atoms with Gasteiger partial charge in [0, 0.05) is 10.6 Å². The number of rotatable bonds is 5. The van der Waals surface area contributed by atoms with Gasteiger partial charge in [-0.15, -0.1) is 11.3 Å². The molecule has 2 aromatic heterocycles. The lowest BCUT2D eigenvalue weighted by molar-refractivity contribution is -0.117. The van der Waals surface area contributed by atoms with E-state index in [0.29, 0.717) is 11.7 Å². The number of amides is 1. The summed E-state index contributed by atoms with van der Waals surface area (Å²) in [5.41, 5.74) is 3.05. The Hall–Kier alpha value is -2.51. The van der Waals surface area contributed by atoms with Crippen molar-refractivity contribution < 1.29 is 4.79 Å². The van der Waals surface area contributed by atoms with Crippen LogP contribution >= 0.6 is 11.3 Å². The summed E-state index contributed by atoms with van der Waals surface area (Å²) in [4.78, 5) is 37.1. The Morgan fingerprint density at radius 1 is 1.37 bits per heavy atom. The van der Waals surface area contributed by atoms with Crippen molar-refractivity contribution in [3.05, 3.63) is 56.4 Å². The Bertz CT molecular complexity index is 1130. The number of nitrogens with one attached hydrogen (secondary N) is 2. The van der Waals surface area contributed by atoms with Crippen molar-refractivity contribution in [3.8, 4) is 0 Å². The molecule has 6 nitrogen and oxygen atoms in total. The second-order valence-electron chi connectivity index (χ2n) is 8.49. The number of thiophene rings is 1. The molecular formula is C23H28N4O2S. The molecule has 2 N–H and O–H groups in total. The van der Waals surface area contributed by atoms with Gasteiger partial charge in [-0.1, -0.05) is 24.6 Å². The van der Waals surface area contributed by atoms with Gasteiger partial charge in [0.2, 0.25) is 5.91 Å². The Morgan fingerprint density at radius 3 is 2.83 bits per heavy atom. The van der Waals surface area contributed by atoms with Gasteiger partial charge < -0.3 is 10.3 Å². The van der Waals surface area contributed by atoms with Crippen LogP contribution in [0.2, 0.25) is 0 Å². The Balaban J connectivity index is 1.50. The number of benzene rings is 1. The molecule has 2 unspecified atom stereocenters. The third-order valence-corrected chi connectivity index (χ3v) is 7.12. The molecule has 2 heterocycles. The van der Waals surface area contributed by atoms with Crippen LogP contribution in [0, 0.1) is 12.8 Å². The standard InChI is InChI=1S/C23H28N4O2S/c1-13-5-8-16(9-6-13)24-19(28)12-27(4)15(3)21-25-22(29)20-17-10-7-14(2)11-18(17)30-23(20)26-21/h5-6,8-9,14-15H,7,10-12H2,1-4H3,(H,24,28)(H,25,26,29). The fourth-order valence-corrected chi connectivity index (χ4v) is 5.36. The van der Waals surface area contributed by atoms with E-state index in [1.807, 2.05) is 50.1 Å². The van der Waals surface area contributed by atoms with Gasteiger partial charge in [0.15, 0.2) is 0 Å². The first kappa shape index (κ1) is 20.8. The normalized spacial score (nSPS) is 17.2. The van der Waals surface area contributed by atoms with Crippen molar-refractivity contribution in [2.45, 2.75) is 46.1 Å². The highest BCUT2D eigenvalue weighted by molar-refractivity contribution is 7.18. The van der Waals surface area contributed by atoms with Gasteiger partial charge in [-0.2, -0.15) is 0 Å². The number of aromatic amines is 1. The van der Waals surface area contributed by atoms with E-state index in [0.717, 1.165) is 40.7 Å². The smallest absolute Gasteiger partial charge is 0.259 e. The van der Waals surface area contributed by atoms with Crippen LogP contribution in [0.25, 0.3) is 10.2 Å². The quantitative estimate of drug-likeness (QED) is 0.648. The van der Waals surface area contributed by atoms with Crippen LogP contribution in [0.1, 0.15) is 48.1 Å². The fourth-order valence-electron chi connectivity index (χ4n) is 3.97. The molecule has 4 rings (SSSR count). The number of carbonyl (C=O) groups is 1. The van der Waals surface area contributed by atoms with Crippen LogP contribution in [0.4, 0.5) is 5.69 Å². The minimum Gasteiger partial charge on any atom is -0.325 e. The molecule has 0 aliphatic heterocycles. The number of likely N-dealkylation sites (N-methyl/N-ethyl adjacent to an activating group) is 1. The van der Waals surface area contributed by atoms with Crippen LogP contribution in [-0.2, 0) is 17.6 Å².